The number of nitrogens with zero attached hydrogens (tertiary/aromatic N) is 3. The lowest BCUT2D eigenvalue weighted by Crippen LogP contribution is -2.04. The van der Waals surface area contributed by atoms with Crippen molar-refractivity contribution < 1.29 is 17.9 Å². The second-order valence-corrected chi connectivity index (χ2v) is 5.90. The molecule has 0 atom stereocenters. The average molecular weight is 369 g/mol. The van der Waals surface area contributed by atoms with E-state index in [9.17, 15) is 13.2 Å². The van der Waals surface area contributed by atoms with Gasteiger partial charge in [-0.05, 0) is 24.3 Å². The van der Waals surface area contributed by atoms with E-state index in [0.717, 1.165) is 17.7 Å². The Morgan fingerprint density at radius 3 is 2.37 bits per heavy atom. The molecule has 0 aliphatic heterocycles. The molecule has 0 spiro atoms. The summed E-state index contributed by atoms with van der Waals surface area (Å²) in [5, 5.41) is 0. The Labute approximate surface area is 152 Å². The molecular weight excluding hydrogens is 355 g/mol. The van der Waals surface area contributed by atoms with Crippen LogP contribution in [0.5, 0.6) is 5.88 Å². The molecule has 0 radical (unpaired) electrons. The predicted octanol–water partition coefficient (Wildman–Crippen LogP) is 5.11. The van der Waals surface area contributed by atoms with Crippen molar-refractivity contribution in [3.05, 3.63) is 72.4 Å². The number of imidazole rings is 1. The molecular formula is C20H14F3N3O. The van der Waals surface area contributed by atoms with Crippen LogP contribution in [0.4, 0.5) is 13.2 Å². The molecule has 7 heteroatoms. The fourth-order valence-electron chi connectivity index (χ4n) is 2.92. The molecule has 0 saturated carbocycles. The zero-order valence-electron chi connectivity index (χ0n) is 14.2. The molecule has 2 aromatic heterocycles. The van der Waals surface area contributed by atoms with Crippen molar-refractivity contribution in [2.75, 3.05) is 7.11 Å². The van der Waals surface area contributed by atoms with E-state index in [1.807, 2.05) is 30.3 Å². The lowest BCUT2D eigenvalue weighted by molar-refractivity contribution is -0.137. The van der Waals surface area contributed by atoms with E-state index in [0.29, 0.717) is 22.9 Å². The minimum absolute atomic E-state index is 0.263. The molecule has 4 aromatic rings. The molecule has 0 fully saturated rings. The summed E-state index contributed by atoms with van der Waals surface area (Å²) in [7, 11) is 1.52. The number of alkyl halides is 3. The van der Waals surface area contributed by atoms with Crippen molar-refractivity contribution in [3.63, 3.8) is 0 Å². The number of aromatic nitrogens is 3. The maximum absolute atomic E-state index is 13.1. The topological polar surface area (TPSA) is 39.9 Å². The van der Waals surface area contributed by atoms with Crippen molar-refractivity contribution in [1.29, 1.82) is 0 Å². The summed E-state index contributed by atoms with van der Waals surface area (Å²) in [6.45, 7) is 0. The fraction of sp³-hybridized carbons (Fsp3) is 0.100. The normalized spacial score (nSPS) is 11.7. The van der Waals surface area contributed by atoms with Gasteiger partial charge in [-0.15, -0.1) is 0 Å². The minimum Gasteiger partial charge on any atom is -0.481 e. The molecule has 0 N–H and O–H groups in total. The van der Waals surface area contributed by atoms with Crippen LogP contribution in [0.1, 0.15) is 5.56 Å². The van der Waals surface area contributed by atoms with Gasteiger partial charge in [-0.3, -0.25) is 4.57 Å². The smallest absolute Gasteiger partial charge is 0.416 e. The summed E-state index contributed by atoms with van der Waals surface area (Å²) < 4.78 is 46.2. The predicted molar refractivity (Wildman–Crippen MR) is 95.9 cm³/mol. The summed E-state index contributed by atoms with van der Waals surface area (Å²) in [5.41, 5.74) is 1.57. The number of fused-ring (bicyclic) bond motifs is 1. The van der Waals surface area contributed by atoms with Crippen LogP contribution in [0.3, 0.4) is 0 Å². The highest BCUT2D eigenvalue weighted by atomic mass is 19.4. The van der Waals surface area contributed by atoms with E-state index in [1.165, 1.54) is 13.2 Å². The van der Waals surface area contributed by atoms with E-state index in [-0.39, 0.29) is 5.52 Å². The first kappa shape index (κ1) is 17.1. The molecule has 4 rings (SSSR count). The lowest BCUT2D eigenvalue weighted by Gasteiger charge is -2.10. The number of hydrogen-bond donors (Lipinski definition) is 0. The standard InChI is InChI=1S/C20H14F3N3O/c1-27-18-10-8-15(12-24-18)26-17-9-7-14(20(21,22)23)11-16(17)25-19(26)13-5-3-2-4-6-13/h2-12H,1H3. The van der Waals surface area contributed by atoms with Gasteiger partial charge >= 0.3 is 6.18 Å². The van der Waals surface area contributed by atoms with Crippen molar-refractivity contribution in [2.45, 2.75) is 6.18 Å². The zero-order valence-corrected chi connectivity index (χ0v) is 14.2. The SMILES string of the molecule is COc1ccc(-n2c(-c3ccccc3)nc3cc(C(F)(F)F)ccc32)cn1. The number of benzene rings is 2. The van der Waals surface area contributed by atoms with Crippen LogP contribution in [0.25, 0.3) is 28.1 Å². The molecule has 0 aliphatic rings. The zero-order chi connectivity index (χ0) is 19.0. The third-order valence-electron chi connectivity index (χ3n) is 4.20. The van der Waals surface area contributed by atoms with Gasteiger partial charge in [-0.2, -0.15) is 13.2 Å². The minimum atomic E-state index is -4.42. The Morgan fingerprint density at radius 1 is 0.963 bits per heavy atom. The van der Waals surface area contributed by atoms with Crippen molar-refractivity contribution in [3.8, 4) is 23.0 Å². The maximum Gasteiger partial charge on any atom is 0.416 e. The molecule has 4 nitrogen and oxygen atoms in total. The first-order chi connectivity index (χ1) is 13.0. The van der Waals surface area contributed by atoms with Gasteiger partial charge in [0.15, 0.2) is 0 Å². The molecule has 2 heterocycles. The highest BCUT2D eigenvalue weighted by Gasteiger charge is 2.31. The monoisotopic (exact) mass is 369 g/mol. The Balaban J connectivity index is 1.98. The first-order valence-electron chi connectivity index (χ1n) is 8.13. The van der Waals surface area contributed by atoms with Gasteiger partial charge in [-0.1, -0.05) is 30.3 Å². The number of methoxy groups -OCH3 is 1. The second-order valence-electron chi connectivity index (χ2n) is 5.90. The fourth-order valence-corrected chi connectivity index (χ4v) is 2.92. The second kappa shape index (κ2) is 6.42. The Hall–Kier alpha value is -3.35. The number of halogens is 3. The van der Waals surface area contributed by atoms with Crippen molar-refractivity contribution in [1.82, 2.24) is 14.5 Å². The van der Waals surface area contributed by atoms with Gasteiger partial charge in [0, 0.05) is 11.6 Å². The van der Waals surface area contributed by atoms with E-state index in [4.69, 9.17) is 4.74 Å². The van der Waals surface area contributed by atoms with E-state index >= 15 is 0 Å². The van der Waals surface area contributed by atoms with Gasteiger partial charge < -0.3 is 4.74 Å². The molecule has 27 heavy (non-hydrogen) atoms. The van der Waals surface area contributed by atoms with Crippen LogP contribution >= 0.6 is 0 Å². The van der Waals surface area contributed by atoms with Crippen LogP contribution in [-0.2, 0) is 6.18 Å². The molecule has 0 unspecified atom stereocenters. The van der Waals surface area contributed by atoms with Crippen molar-refractivity contribution >= 4 is 11.0 Å². The molecule has 2 aromatic carbocycles. The summed E-state index contributed by atoms with van der Waals surface area (Å²) in [4.78, 5) is 8.68. The maximum atomic E-state index is 13.1. The van der Waals surface area contributed by atoms with Gasteiger partial charge in [0.1, 0.15) is 5.82 Å². The summed E-state index contributed by atoms with van der Waals surface area (Å²) >= 11 is 0. The summed E-state index contributed by atoms with van der Waals surface area (Å²) in [6, 6.07) is 16.3. The summed E-state index contributed by atoms with van der Waals surface area (Å²) in [5.74, 6) is 0.987. The Bertz CT molecular complexity index is 1090. The van der Waals surface area contributed by atoms with E-state index < -0.39 is 11.7 Å². The first-order valence-corrected chi connectivity index (χ1v) is 8.13. The largest absolute Gasteiger partial charge is 0.481 e. The Kier molecular flexibility index (Phi) is 4.07. The third-order valence-corrected chi connectivity index (χ3v) is 4.20. The quantitative estimate of drug-likeness (QED) is 0.504. The van der Waals surface area contributed by atoms with Crippen LogP contribution in [0.15, 0.2) is 66.9 Å². The molecule has 0 bridgehead atoms. The number of rotatable bonds is 3. The van der Waals surface area contributed by atoms with Gasteiger partial charge in [-0.25, -0.2) is 9.97 Å². The Morgan fingerprint density at radius 2 is 1.74 bits per heavy atom. The summed E-state index contributed by atoms with van der Waals surface area (Å²) in [6.07, 6.45) is -2.82. The molecule has 0 saturated heterocycles. The third kappa shape index (κ3) is 3.12. The van der Waals surface area contributed by atoms with Crippen LogP contribution in [-0.4, -0.2) is 21.6 Å². The number of ether oxygens (including phenoxy) is 1. The highest BCUT2D eigenvalue weighted by molar-refractivity contribution is 5.84. The van der Waals surface area contributed by atoms with Crippen LogP contribution in [0.2, 0.25) is 0 Å². The molecule has 0 aliphatic carbocycles. The average Bonchev–Trinajstić information content (AvgIpc) is 3.07. The van der Waals surface area contributed by atoms with Crippen LogP contribution < -0.4 is 4.74 Å². The highest BCUT2D eigenvalue weighted by Crippen LogP contribution is 2.34. The van der Waals surface area contributed by atoms with E-state index in [2.05, 4.69) is 9.97 Å². The molecule has 136 valence electrons. The van der Waals surface area contributed by atoms with Gasteiger partial charge in [0.05, 0.1) is 35.6 Å². The van der Waals surface area contributed by atoms with Crippen LogP contribution in [0, 0.1) is 0 Å². The van der Waals surface area contributed by atoms with E-state index in [1.54, 1.807) is 22.9 Å². The number of pyridine rings is 1. The number of hydrogen-bond acceptors (Lipinski definition) is 3. The van der Waals surface area contributed by atoms with Gasteiger partial charge in [0.25, 0.3) is 0 Å². The van der Waals surface area contributed by atoms with Crippen molar-refractivity contribution in [2.24, 2.45) is 0 Å². The lowest BCUT2D eigenvalue weighted by atomic mass is 10.2. The van der Waals surface area contributed by atoms with Gasteiger partial charge in [0.2, 0.25) is 5.88 Å². The molecule has 0 amide bonds.